The fourth-order valence-electron chi connectivity index (χ4n) is 3.34. The minimum absolute atomic E-state index is 0.0200. The first kappa shape index (κ1) is 19.2. The first-order valence-electron chi connectivity index (χ1n) is 9.02. The number of carbonyl (C=O) groups is 2. The van der Waals surface area contributed by atoms with E-state index in [9.17, 15) is 9.59 Å². The van der Waals surface area contributed by atoms with Gasteiger partial charge in [-0.25, -0.2) is 4.79 Å². The molecule has 2 heterocycles. The number of nitrogens with one attached hydrogen (secondary N) is 1. The van der Waals surface area contributed by atoms with Gasteiger partial charge in [-0.2, -0.15) is 5.10 Å². The molecule has 2 N–H and O–H groups in total. The molecule has 0 aliphatic carbocycles. The second-order valence-corrected chi connectivity index (χ2v) is 7.23. The Morgan fingerprint density at radius 1 is 1.33 bits per heavy atom. The number of halogens is 1. The van der Waals surface area contributed by atoms with Gasteiger partial charge in [-0.15, -0.1) is 0 Å². The van der Waals surface area contributed by atoms with Crippen LogP contribution in [0.5, 0.6) is 0 Å². The average Bonchev–Trinajstić information content (AvgIpc) is 3.29. The summed E-state index contributed by atoms with van der Waals surface area (Å²) >= 11 is 5.92. The minimum atomic E-state index is -0.862. The molecule has 1 fully saturated rings. The minimum Gasteiger partial charge on any atom is -0.481 e. The van der Waals surface area contributed by atoms with Crippen LogP contribution >= 0.6 is 11.6 Å². The van der Waals surface area contributed by atoms with Gasteiger partial charge >= 0.3 is 12.0 Å². The van der Waals surface area contributed by atoms with Gasteiger partial charge in [0.2, 0.25) is 0 Å². The van der Waals surface area contributed by atoms with Crippen LogP contribution in [-0.4, -0.2) is 50.9 Å². The molecule has 2 unspecified atom stereocenters. The maximum atomic E-state index is 12.7. The highest BCUT2D eigenvalue weighted by atomic mass is 35.5. The Bertz CT molecular complexity index is 780. The van der Waals surface area contributed by atoms with Crippen molar-refractivity contribution >= 4 is 23.6 Å². The summed E-state index contributed by atoms with van der Waals surface area (Å²) < 4.78 is 1.79. The number of hydrogen-bond donors (Lipinski definition) is 2. The van der Waals surface area contributed by atoms with Crippen molar-refractivity contribution in [2.75, 3.05) is 13.1 Å². The molecule has 0 spiro atoms. The number of rotatable bonds is 7. The summed E-state index contributed by atoms with van der Waals surface area (Å²) in [6.07, 6.45) is 5.18. The van der Waals surface area contributed by atoms with Crippen LogP contribution in [0.2, 0.25) is 5.02 Å². The van der Waals surface area contributed by atoms with E-state index in [0.29, 0.717) is 31.0 Å². The Morgan fingerprint density at radius 3 is 2.78 bits per heavy atom. The molecule has 144 valence electrons. The molecule has 1 aliphatic rings. The summed E-state index contributed by atoms with van der Waals surface area (Å²) in [7, 11) is 0. The van der Waals surface area contributed by atoms with Crippen LogP contribution < -0.4 is 5.32 Å². The maximum Gasteiger partial charge on any atom is 0.317 e. The zero-order chi connectivity index (χ0) is 19.2. The van der Waals surface area contributed by atoms with Crippen LogP contribution in [0.4, 0.5) is 4.79 Å². The summed E-state index contributed by atoms with van der Waals surface area (Å²) in [5.41, 5.74) is 1.07. The van der Waals surface area contributed by atoms with Crippen LogP contribution in [0.25, 0.3) is 0 Å². The van der Waals surface area contributed by atoms with Gasteiger partial charge in [-0.1, -0.05) is 41.9 Å². The molecule has 2 atom stereocenters. The van der Waals surface area contributed by atoms with E-state index in [0.717, 1.165) is 12.0 Å². The number of carbonyl (C=O) groups excluding carboxylic acids is 1. The van der Waals surface area contributed by atoms with Crippen LogP contribution in [-0.2, 0) is 11.2 Å². The average molecular weight is 391 g/mol. The number of carboxylic acids is 1. The summed E-state index contributed by atoms with van der Waals surface area (Å²) in [5, 5.41) is 16.8. The lowest BCUT2D eigenvalue weighted by atomic mass is 10.0. The molecule has 0 saturated carbocycles. The van der Waals surface area contributed by atoms with Gasteiger partial charge in [-0.3, -0.25) is 9.48 Å². The van der Waals surface area contributed by atoms with Crippen molar-refractivity contribution < 1.29 is 14.7 Å². The van der Waals surface area contributed by atoms with Crippen LogP contribution in [0, 0.1) is 0 Å². The Balaban J connectivity index is 1.59. The van der Waals surface area contributed by atoms with Crippen molar-refractivity contribution in [3.63, 3.8) is 0 Å². The van der Waals surface area contributed by atoms with E-state index in [1.165, 1.54) is 0 Å². The maximum absolute atomic E-state index is 12.7. The Labute approximate surface area is 162 Å². The molecule has 1 aromatic heterocycles. The summed E-state index contributed by atoms with van der Waals surface area (Å²) in [6.45, 7) is 1.19. The molecule has 8 heteroatoms. The van der Waals surface area contributed by atoms with Crippen LogP contribution in [0.3, 0.4) is 0 Å². The van der Waals surface area contributed by atoms with Crippen molar-refractivity contribution in [2.45, 2.75) is 37.8 Å². The van der Waals surface area contributed by atoms with E-state index >= 15 is 0 Å². The van der Waals surface area contributed by atoms with Gasteiger partial charge in [0.05, 0.1) is 17.3 Å². The molecule has 27 heavy (non-hydrogen) atoms. The fraction of sp³-hybridized carbons (Fsp3) is 0.421. The lowest BCUT2D eigenvalue weighted by Gasteiger charge is -2.23. The van der Waals surface area contributed by atoms with E-state index in [1.54, 1.807) is 22.0 Å². The third kappa shape index (κ3) is 5.47. The third-order valence-electron chi connectivity index (χ3n) is 4.75. The lowest BCUT2D eigenvalue weighted by Crippen LogP contribution is -2.45. The van der Waals surface area contributed by atoms with Gasteiger partial charge in [0.15, 0.2) is 0 Å². The number of likely N-dealkylation sites (tertiary alicyclic amines) is 1. The standard InChI is InChI=1S/C19H23ClN4O3/c20-15-11-21-24(12-15)17-8-9-23(13-17)19(27)22-16(6-7-18(25)26)10-14-4-2-1-3-5-14/h1-5,11-12,16-17H,6-10,13H2,(H,22,27)(H,25,26). The second kappa shape index (κ2) is 8.90. The molecule has 2 amide bonds. The first-order valence-corrected chi connectivity index (χ1v) is 9.40. The highest BCUT2D eigenvalue weighted by Gasteiger charge is 2.29. The van der Waals surface area contributed by atoms with Crippen molar-refractivity contribution in [2.24, 2.45) is 0 Å². The Hall–Kier alpha value is -2.54. The van der Waals surface area contributed by atoms with Gasteiger partial charge < -0.3 is 15.3 Å². The van der Waals surface area contributed by atoms with Crippen LogP contribution in [0.1, 0.15) is 30.9 Å². The fourth-order valence-corrected chi connectivity index (χ4v) is 3.49. The molecule has 1 saturated heterocycles. The van der Waals surface area contributed by atoms with Crippen molar-refractivity contribution in [3.8, 4) is 0 Å². The molecule has 0 radical (unpaired) electrons. The SMILES string of the molecule is O=C(O)CCC(Cc1ccccc1)NC(=O)N1CCC(n2cc(Cl)cn2)C1. The second-order valence-electron chi connectivity index (χ2n) is 6.80. The highest BCUT2D eigenvalue weighted by Crippen LogP contribution is 2.22. The number of amides is 2. The molecule has 1 aliphatic heterocycles. The number of nitrogens with zero attached hydrogens (tertiary/aromatic N) is 3. The Morgan fingerprint density at radius 2 is 2.11 bits per heavy atom. The zero-order valence-corrected chi connectivity index (χ0v) is 15.7. The molecule has 0 bridgehead atoms. The first-order chi connectivity index (χ1) is 13.0. The van der Waals surface area contributed by atoms with E-state index < -0.39 is 5.97 Å². The molecular weight excluding hydrogens is 368 g/mol. The predicted octanol–water partition coefficient (Wildman–Crippen LogP) is 2.97. The summed E-state index contributed by atoms with van der Waals surface area (Å²) in [5.74, 6) is -0.862. The van der Waals surface area contributed by atoms with E-state index in [1.807, 2.05) is 30.3 Å². The number of aliphatic carboxylic acids is 1. The number of carboxylic acid groups (broad SMARTS) is 1. The van der Waals surface area contributed by atoms with E-state index in [-0.39, 0.29) is 24.5 Å². The molecule has 7 nitrogen and oxygen atoms in total. The normalized spacial score (nSPS) is 17.7. The number of urea groups is 1. The van der Waals surface area contributed by atoms with Crippen LogP contribution in [0.15, 0.2) is 42.7 Å². The highest BCUT2D eigenvalue weighted by molar-refractivity contribution is 6.30. The molecular formula is C19H23ClN4O3. The molecule has 1 aromatic carbocycles. The smallest absolute Gasteiger partial charge is 0.317 e. The summed E-state index contributed by atoms with van der Waals surface area (Å²) in [6, 6.07) is 9.48. The van der Waals surface area contributed by atoms with Gasteiger partial charge in [0.25, 0.3) is 0 Å². The van der Waals surface area contributed by atoms with Crippen molar-refractivity contribution in [1.82, 2.24) is 20.0 Å². The summed E-state index contributed by atoms with van der Waals surface area (Å²) in [4.78, 5) is 25.4. The predicted molar refractivity (Wildman–Crippen MR) is 102 cm³/mol. The van der Waals surface area contributed by atoms with Gasteiger partial charge in [-0.05, 0) is 24.8 Å². The Kier molecular flexibility index (Phi) is 6.34. The number of aromatic nitrogens is 2. The van der Waals surface area contributed by atoms with Gasteiger partial charge in [0.1, 0.15) is 0 Å². The molecule has 3 rings (SSSR count). The quantitative estimate of drug-likeness (QED) is 0.760. The molecule has 2 aromatic rings. The van der Waals surface area contributed by atoms with Crippen molar-refractivity contribution in [3.05, 3.63) is 53.3 Å². The largest absolute Gasteiger partial charge is 0.481 e. The number of benzene rings is 1. The zero-order valence-electron chi connectivity index (χ0n) is 14.9. The topological polar surface area (TPSA) is 87.5 Å². The third-order valence-corrected chi connectivity index (χ3v) is 4.95. The lowest BCUT2D eigenvalue weighted by molar-refractivity contribution is -0.137. The monoisotopic (exact) mass is 390 g/mol. The number of hydrogen-bond acceptors (Lipinski definition) is 3. The van der Waals surface area contributed by atoms with E-state index in [2.05, 4.69) is 10.4 Å². The van der Waals surface area contributed by atoms with E-state index in [4.69, 9.17) is 16.7 Å². The van der Waals surface area contributed by atoms with Crippen molar-refractivity contribution in [1.29, 1.82) is 0 Å². The van der Waals surface area contributed by atoms with Gasteiger partial charge in [0, 0.05) is 31.7 Å².